The quantitative estimate of drug-likeness (QED) is 0.839. The second-order valence-electron chi connectivity index (χ2n) is 5.23. The first-order chi connectivity index (χ1) is 9.15. The fourth-order valence-electron chi connectivity index (χ4n) is 2.53. The lowest BCUT2D eigenvalue weighted by Crippen LogP contribution is -2.20. The molecule has 3 rings (SSSR count). The summed E-state index contributed by atoms with van der Waals surface area (Å²) in [6.07, 6.45) is 2.57. The van der Waals surface area contributed by atoms with Gasteiger partial charge in [-0.05, 0) is 42.5 Å². The number of carbonyl (C=O) groups excluding carboxylic acids is 1. The van der Waals surface area contributed by atoms with E-state index in [1.54, 1.807) is 30.3 Å². The Labute approximate surface area is 117 Å². The molecule has 2 aromatic rings. The van der Waals surface area contributed by atoms with Gasteiger partial charge >= 0.3 is 0 Å². The molecule has 1 amide bonds. The molecule has 1 aliphatic rings. The van der Waals surface area contributed by atoms with Crippen LogP contribution in [0.5, 0.6) is 0 Å². The minimum Gasteiger partial charge on any atom is -0.372 e. The minimum absolute atomic E-state index is 0.0870. The second kappa shape index (κ2) is 4.85. The molecule has 3 nitrogen and oxygen atoms in total. The maximum absolute atomic E-state index is 12.0. The van der Waals surface area contributed by atoms with E-state index in [1.807, 2.05) is 6.07 Å². The Bertz CT molecular complexity index is 612. The highest BCUT2D eigenvalue weighted by Crippen LogP contribution is 2.31. The van der Waals surface area contributed by atoms with Gasteiger partial charge in [-0.2, -0.15) is 0 Å². The molecule has 1 aliphatic heterocycles. The molecule has 0 aliphatic carbocycles. The maximum atomic E-state index is 12.0. The van der Waals surface area contributed by atoms with Crippen LogP contribution in [0, 0.1) is 0 Å². The smallest absolute Gasteiger partial charge is 0.263 e. The Morgan fingerprint density at radius 1 is 1.21 bits per heavy atom. The zero-order chi connectivity index (χ0) is 13.4. The fraction of sp³-hybridized carbons (Fsp3) is 0.400. The first-order valence-corrected chi connectivity index (χ1v) is 7.47. The molecule has 0 radical (unpaired) electrons. The topological polar surface area (TPSA) is 23.6 Å². The Balaban J connectivity index is 1.96. The largest absolute Gasteiger partial charge is 0.372 e. The molecule has 19 heavy (non-hydrogen) atoms. The molecular formula is C15H18N2OS. The summed E-state index contributed by atoms with van der Waals surface area (Å²) in [6, 6.07) is 8.54. The molecule has 2 heterocycles. The lowest BCUT2D eigenvalue weighted by Gasteiger charge is -2.17. The van der Waals surface area contributed by atoms with Gasteiger partial charge in [0.2, 0.25) is 0 Å². The molecule has 1 aromatic carbocycles. The molecule has 100 valence electrons. The standard InChI is InChI=1S/C15H18N2OS/c1-16(2)15(18)14-10-11-9-12(5-6-13(11)19-14)17-7-3-4-8-17/h5-6,9-10H,3-4,7-8H2,1-2H3. The van der Waals surface area contributed by atoms with Crippen LogP contribution < -0.4 is 4.90 Å². The fourth-order valence-corrected chi connectivity index (χ4v) is 3.59. The van der Waals surface area contributed by atoms with E-state index in [0.29, 0.717) is 0 Å². The zero-order valence-electron chi connectivity index (χ0n) is 11.3. The van der Waals surface area contributed by atoms with E-state index in [1.165, 1.54) is 28.6 Å². The highest BCUT2D eigenvalue weighted by atomic mass is 32.1. The van der Waals surface area contributed by atoms with Gasteiger partial charge < -0.3 is 9.80 Å². The molecular weight excluding hydrogens is 256 g/mol. The van der Waals surface area contributed by atoms with E-state index in [0.717, 1.165) is 18.0 Å². The Morgan fingerprint density at radius 2 is 1.95 bits per heavy atom. The van der Waals surface area contributed by atoms with Crippen molar-refractivity contribution in [3.8, 4) is 0 Å². The van der Waals surface area contributed by atoms with Gasteiger partial charge in [0.1, 0.15) is 0 Å². The van der Waals surface area contributed by atoms with E-state index >= 15 is 0 Å². The first-order valence-electron chi connectivity index (χ1n) is 6.65. The molecule has 0 saturated carbocycles. The summed E-state index contributed by atoms with van der Waals surface area (Å²) in [5, 5.41) is 1.18. The normalized spacial score (nSPS) is 15.2. The van der Waals surface area contributed by atoms with Crippen LogP contribution >= 0.6 is 11.3 Å². The van der Waals surface area contributed by atoms with E-state index in [-0.39, 0.29) is 5.91 Å². The first kappa shape index (κ1) is 12.5. The third-order valence-electron chi connectivity index (χ3n) is 3.59. The summed E-state index contributed by atoms with van der Waals surface area (Å²) in [5.74, 6) is 0.0870. The van der Waals surface area contributed by atoms with Crippen molar-refractivity contribution in [2.75, 3.05) is 32.1 Å². The van der Waals surface area contributed by atoms with E-state index in [9.17, 15) is 4.79 Å². The maximum Gasteiger partial charge on any atom is 0.263 e. The van der Waals surface area contributed by atoms with Crippen molar-refractivity contribution in [2.24, 2.45) is 0 Å². The SMILES string of the molecule is CN(C)C(=O)c1cc2cc(N3CCCC3)ccc2s1. The van der Waals surface area contributed by atoms with Crippen molar-refractivity contribution >= 4 is 33.0 Å². The lowest BCUT2D eigenvalue weighted by atomic mass is 10.2. The average Bonchev–Trinajstić information content (AvgIpc) is 3.05. The van der Waals surface area contributed by atoms with E-state index in [2.05, 4.69) is 23.1 Å². The summed E-state index contributed by atoms with van der Waals surface area (Å²) in [7, 11) is 3.59. The van der Waals surface area contributed by atoms with Crippen molar-refractivity contribution in [3.63, 3.8) is 0 Å². The van der Waals surface area contributed by atoms with Gasteiger partial charge in [0, 0.05) is 37.6 Å². The van der Waals surface area contributed by atoms with Gasteiger partial charge in [-0.1, -0.05) is 0 Å². The molecule has 0 bridgehead atoms. The number of carbonyl (C=O) groups is 1. The zero-order valence-corrected chi connectivity index (χ0v) is 12.2. The van der Waals surface area contributed by atoms with Gasteiger partial charge in [0.15, 0.2) is 0 Å². The van der Waals surface area contributed by atoms with E-state index in [4.69, 9.17) is 0 Å². The molecule has 1 fully saturated rings. The van der Waals surface area contributed by atoms with Crippen LogP contribution in [0.15, 0.2) is 24.3 Å². The van der Waals surface area contributed by atoms with Crippen LogP contribution in [0.4, 0.5) is 5.69 Å². The molecule has 0 N–H and O–H groups in total. The molecule has 0 unspecified atom stereocenters. The van der Waals surface area contributed by atoms with Crippen molar-refractivity contribution in [3.05, 3.63) is 29.1 Å². The van der Waals surface area contributed by atoms with E-state index < -0.39 is 0 Å². The van der Waals surface area contributed by atoms with Crippen molar-refractivity contribution in [1.29, 1.82) is 0 Å². The van der Waals surface area contributed by atoms with Crippen LogP contribution in [0.25, 0.3) is 10.1 Å². The predicted octanol–water partition coefficient (Wildman–Crippen LogP) is 3.20. The molecule has 1 saturated heterocycles. The summed E-state index contributed by atoms with van der Waals surface area (Å²) < 4.78 is 1.19. The monoisotopic (exact) mass is 274 g/mol. The highest BCUT2D eigenvalue weighted by Gasteiger charge is 2.15. The van der Waals surface area contributed by atoms with Crippen LogP contribution in [-0.2, 0) is 0 Å². The van der Waals surface area contributed by atoms with Crippen molar-refractivity contribution < 1.29 is 4.79 Å². The number of nitrogens with zero attached hydrogens (tertiary/aromatic N) is 2. The summed E-state index contributed by atoms with van der Waals surface area (Å²) in [4.78, 5) is 16.9. The van der Waals surface area contributed by atoms with Gasteiger partial charge in [-0.3, -0.25) is 4.79 Å². The summed E-state index contributed by atoms with van der Waals surface area (Å²) in [6.45, 7) is 2.30. The Hall–Kier alpha value is -1.55. The van der Waals surface area contributed by atoms with Crippen LogP contribution in [-0.4, -0.2) is 38.0 Å². The third-order valence-corrected chi connectivity index (χ3v) is 4.69. The number of anilines is 1. The van der Waals surface area contributed by atoms with Crippen molar-refractivity contribution in [1.82, 2.24) is 4.90 Å². The summed E-state index contributed by atoms with van der Waals surface area (Å²) >= 11 is 1.58. The minimum atomic E-state index is 0.0870. The molecule has 0 spiro atoms. The van der Waals surface area contributed by atoms with Gasteiger partial charge in [-0.15, -0.1) is 11.3 Å². The molecule has 4 heteroatoms. The average molecular weight is 274 g/mol. The van der Waals surface area contributed by atoms with Crippen LogP contribution in [0.1, 0.15) is 22.5 Å². The van der Waals surface area contributed by atoms with Gasteiger partial charge in [0.05, 0.1) is 4.88 Å². The van der Waals surface area contributed by atoms with Gasteiger partial charge in [0.25, 0.3) is 5.91 Å². The number of hydrogen-bond acceptors (Lipinski definition) is 3. The van der Waals surface area contributed by atoms with Gasteiger partial charge in [-0.25, -0.2) is 0 Å². The lowest BCUT2D eigenvalue weighted by molar-refractivity contribution is 0.0832. The predicted molar refractivity (Wildman–Crippen MR) is 81.3 cm³/mol. The molecule has 1 aromatic heterocycles. The van der Waals surface area contributed by atoms with Crippen LogP contribution in [0.3, 0.4) is 0 Å². The Morgan fingerprint density at radius 3 is 2.63 bits per heavy atom. The number of amides is 1. The number of benzene rings is 1. The summed E-state index contributed by atoms with van der Waals surface area (Å²) in [5.41, 5.74) is 1.28. The van der Waals surface area contributed by atoms with Crippen LogP contribution in [0.2, 0.25) is 0 Å². The molecule has 0 atom stereocenters. The number of fused-ring (bicyclic) bond motifs is 1. The third kappa shape index (κ3) is 2.32. The number of thiophene rings is 1. The number of hydrogen-bond donors (Lipinski definition) is 0. The second-order valence-corrected chi connectivity index (χ2v) is 6.31. The Kier molecular flexibility index (Phi) is 3.19. The highest BCUT2D eigenvalue weighted by molar-refractivity contribution is 7.20. The van der Waals surface area contributed by atoms with Crippen molar-refractivity contribution in [2.45, 2.75) is 12.8 Å². The number of rotatable bonds is 2.